The molecule has 1 saturated heterocycles. The molecule has 168 valence electrons. The first-order chi connectivity index (χ1) is 14.4. The lowest BCUT2D eigenvalue weighted by molar-refractivity contribution is -0.132. The number of carbonyl (C=O) groups is 2. The van der Waals surface area contributed by atoms with Crippen LogP contribution in [0.15, 0.2) is 24.3 Å². The smallest absolute Gasteiger partial charge is 0.222 e. The Hall–Kier alpha value is -1.75. The summed E-state index contributed by atoms with van der Waals surface area (Å²) >= 11 is 6.09. The van der Waals surface area contributed by atoms with Crippen LogP contribution in [-0.4, -0.2) is 49.4 Å². The Balaban J connectivity index is 1.69. The van der Waals surface area contributed by atoms with Crippen LogP contribution in [0, 0.1) is 11.8 Å². The summed E-state index contributed by atoms with van der Waals surface area (Å²) in [6.07, 6.45) is 5.51. The zero-order valence-corrected chi connectivity index (χ0v) is 19.6. The molecule has 1 aromatic carbocycles. The minimum absolute atomic E-state index is 0.0548. The van der Waals surface area contributed by atoms with Crippen LogP contribution in [0.1, 0.15) is 59.3 Å². The second kappa shape index (κ2) is 12.8. The van der Waals surface area contributed by atoms with Crippen LogP contribution in [0.3, 0.4) is 0 Å². The molecule has 0 aliphatic carbocycles. The van der Waals surface area contributed by atoms with Gasteiger partial charge in [0.15, 0.2) is 0 Å². The SMILES string of the molecule is CCCC[C@@H](CC)CNC(=O)C[C@H](C)CC(=O)N1CCN(c2cccc(Cl)c2)CC1. The first-order valence-electron chi connectivity index (χ1n) is 11.5. The molecule has 0 radical (unpaired) electrons. The maximum atomic E-state index is 12.7. The maximum Gasteiger partial charge on any atom is 0.222 e. The van der Waals surface area contributed by atoms with Gasteiger partial charge in [-0.1, -0.05) is 57.7 Å². The molecule has 1 aromatic rings. The molecule has 6 heteroatoms. The fourth-order valence-corrected chi connectivity index (χ4v) is 4.16. The van der Waals surface area contributed by atoms with Crippen LogP contribution in [0.25, 0.3) is 0 Å². The Morgan fingerprint density at radius 3 is 2.50 bits per heavy atom. The van der Waals surface area contributed by atoms with Gasteiger partial charge < -0.3 is 15.1 Å². The van der Waals surface area contributed by atoms with Gasteiger partial charge >= 0.3 is 0 Å². The number of carbonyl (C=O) groups excluding carboxylic acids is 2. The minimum atomic E-state index is 0.0548. The van der Waals surface area contributed by atoms with Crippen molar-refractivity contribution in [2.24, 2.45) is 11.8 Å². The Morgan fingerprint density at radius 2 is 1.87 bits per heavy atom. The lowest BCUT2D eigenvalue weighted by Crippen LogP contribution is -2.49. The highest BCUT2D eigenvalue weighted by molar-refractivity contribution is 6.30. The summed E-state index contributed by atoms with van der Waals surface area (Å²) in [4.78, 5) is 29.1. The summed E-state index contributed by atoms with van der Waals surface area (Å²) in [6.45, 7) is 10.1. The fourth-order valence-electron chi connectivity index (χ4n) is 3.98. The third-order valence-electron chi connectivity index (χ3n) is 5.99. The van der Waals surface area contributed by atoms with Crippen molar-refractivity contribution < 1.29 is 9.59 Å². The average Bonchev–Trinajstić information content (AvgIpc) is 2.74. The molecule has 5 nitrogen and oxygen atoms in total. The summed E-state index contributed by atoms with van der Waals surface area (Å²) in [5.41, 5.74) is 1.10. The molecule has 0 saturated carbocycles. The van der Waals surface area contributed by atoms with Gasteiger partial charge in [-0.15, -0.1) is 0 Å². The second-order valence-electron chi connectivity index (χ2n) is 8.58. The third-order valence-corrected chi connectivity index (χ3v) is 6.23. The van der Waals surface area contributed by atoms with E-state index in [0.717, 1.165) is 36.8 Å². The first-order valence-corrected chi connectivity index (χ1v) is 11.9. The number of rotatable bonds is 11. The summed E-state index contributed by atoms with van der Waals surface area (Å²) in [7, 11) is 0. The van der Waals surface area contributed by atoms with E-state index in [2.05, 4.69) is 30.1 Å². The van der Waals surface area contributed by atoms with Gasteiger partial charge in [0, 0.05) is 56.3 Å². The van der Waals surface area contributed by atoms with E-state index >= 15 is 0 Å². The minimum Gasteiger partial charge on any atom is -0.368 e. The highest BCUT2D eigenvalue weighted by Gasteiger charge is 2.23. The molecular weight excluding hydrogens is 398 g/mol. The molecule has 1 fully saturated rings. The molecule has 2 atom stereocenters. The number of nitrogens with one attached hydrogen (secondary N) is 1. The van der Waals surface area contributed by atoms with Gasteiger partial charge in [0.1, 0.15) is 0 Å². The summed E-state index contributed by atoms with van der Waals surface area (Å²) in [5.74, 6) is 0.826. The number of halogens is 1. The highest BCUT2D eigenvalue weighted by atomic mass is 35.5. The van der Waals surface area contributed by atoms with Crippen molar-refractivity contribution in [1.82, 2.24) is 10.2 Å². The number of hydrogen-bond donors (Lipinski definition) is 1. The van der Waals surface area contributed by atoms with Crippen molar-refractivity contribution in [2.75, 3.05) is 37.6 Å². The predicted octanol–water partition coefficient (Wildman–Crippen LogP) is 4.74. The van der Waals surface area contributed by atoms with Gasteiger partial charge in [-0.3, -0.25) is 9.59 Å². The van der Waals surface area contributed by atoms with E-state index in [1.54, 1.807) is 0 Å². The van der Waals surface area contributed by atoms with Crippen molar-refractivity contribution >= 4 is 29.1 Å². The second-order valence-corrected chi connectivity index (χ2v) is 9.02. The van der Waals surface area contributed by atoms with Crippen LogP contribution in [0.4, 0.5) is 5.69 Å². The quantitative estimate of drug-likeness (QED) is 0.546. The van der Waals surface area contributed by atoms with Crippen molar-refractivity contribution in [2.45, 2.75) is 59.3 Å². The molecule has 1 aliphatic heterocycles. The normalized spacial score (nSPS) is 16.3. The zero-order valence-electron chi connectivity index (χ0n) is 18.8. The van der Waals surface area contributed by atoms with Gasteiger partial charge in [0.25, 0.3) is 0 Å². The topological polar surface area (TPSA) is 52.7 Å². The molecule has 1 heterocycles. The molecule has 0 aromatic heterocycles. The van der Waals surface area contributed by atoms with Gasteiger partial charge in [0.2, 0.25) is 11.8 Å². The third kappa shape index (κ3) is 8.17. The predicted molar refractivity (Wildman–Crippen MR) is 125 cm³/mol. The van der Waals surface area contributed by atoms with E-state index in [9.17, 15) is 9.59 Å². The summed E-state index contributed by atoms with van der Waals surface area (Å²) in [6, 6.07) is 7.84. The number of anilines is 1. The zero-order chi connectivity index (χ0) is 21.9. The Bertz CT molecular complexity index is 674. The molecule has 0 unspecified atom stereocenters. The monoisotopic (exact) mass is 435 g/mol. The van der Waals surface area contributed by atoms with Crippen molar-refractivity contribution in [3.05, 3.63) is 29.3 Å². The summed E-state index contributed by atoms with van der Waals surface area (Å²) in [5, 5.41) is 3.80. The molecular formula is C24H38ClN3O2. The fraction of sp³-hybridized carbons (Fsp3) is 0.667. The van der Waals surface area contributed by atoms with Gasteiger partial charge in [0.05, 0.1) is 0 Å². The van der Waals surface area contributed by atoms with Gasteiger partial charge in [-0.25, -0.2) is 0 Å². The molecule has 1 N–H and O–H groups in total. The number of amides is 2. The first kappa shape index (κ1) is 24.5. The van der Waals surface area contributed by atoms with Crippen LogP contribution < -0.4 is 10.2 Å². The van der Waals surface area contributed by atoms with Gasteiger partial charge in [-0.2, -0.15) is 0 Å². The van der Waals surface area contributed by atoms with Crippen LogP contribution in [0.5, 0.6) is 0 Å². The van der Waals surface area contributed by atoms with E-state index in [1.807, 2.05) is 30.0 Å². The van der Waals surface area contributed by atoms with Crippen LogP contribution in [0.2, 0.25) is 5.02 Å². The van der Waals surface area contributed by atoms with Crippen molar-refractivity contribution in [3.8, 4) is 0 Å². The van der Waals surface area contributed by atoms with Crippen molar-refractivity contribution in [3.63, 3.8) is 0 Å². The Kier molecular flexibility index (Phi) is 10.5. The highest BCUT2D eigenvalue weighted by Crippen LogP contribution is 2.21. The van der Waals surface area contributed by atoms with E-state index in [-0.39, 0.29) is 17.7 Å². The molecule has 0 bridgehead atoms. The number of benzene rings is 1. The lowest BCUT2D eigenvalue weighted by atomic mass is 9.98. The van der Waals surface area contributed by atoms with Crippen LogP contribution >= 0.6 is 11.6 Å². The largest absolute Gasteiger partial charge is 0.368 e. The van der Waals surface area contributed by atoms with Crippen molar-refractivity contribution in [1.29, 1.82) is 0 Å². The molecule has 0 spiro atoms. The number of unbranched alkanes of at least 4 members (excludes halogenated alkanes) is 1. The number of hydrogen-bond acceptors (Lipinski definition) is 3. The van der Waals surface area contributed by atoms with E-state index in [1.165, 1.54) is 19.3 Å². The molecule has 2 amide bonds. The molecule has 30 heavy (non-hydrogen) atoms. The molecule has 2 rings (SSSR count). The average molecular weight is 436 g/mol. The standard InChI is InChI=1S/C24H38ClN3O2/c1-4-6-8-20(5-2)18-26-23(29)15-19(3)16-24(30)28-13-11-27(12-14-28)22-10-7-9-21(25)17-22/h7,9-10,17,19-20H,4-6,8,11-16,18H2,1-3H3,(H,26,29)/t19-,20+/m0/s1. The molecule has 1 aliphatic rings. The summed E-state index contributed by atoms with van der Waals surface area (Å²) < 4.78 is 0. The van der Waals surface area contributed by atoms with E-state index < -0.39 is 0 Å². The maximum absolute atomic E-state index is 12.7. The number of piperazine rings is 1. The Morgan fingerprint density at radius 1 is 1.13 bits per heavy atom. The van der Waals surface area contributed by atoms with Crippen LogP contribution in [-0.2, 0) is 9.59 Å². The number of nitrogens with zero attached hydrogens (tertiary/aromatic N) is 2. The lowest BCUT2D eigenvalue weighted by Gasteiger charge is -2.36. The van der Waals surface area contributed by atoms with E-state index in [0.29, 0.717) is 31.8 Å². The Labute approximate surface area is 187 Å². The van der Waals surface area contributed by atoms with Gasteiger partial charge in [-0.05, 0) is 36.5 Å². The van der Waals surface area contributed by atoms with E-state index in [4.69, 9.17) is 11.6 Å².